The fraction of sp³-hybridized carbons (Fsp3) is 0.278. The molecular weight excluding hydrogens is 357 g/mol. The third-order valence-electron chi connectivity index (χ3n) is 4.25. The lowest BCUT2D eigenvalue weighted by Gasteiger charge is -2.15. The second kappa shape index (κ2) is 7.43. The van der Waals surface area contributed by atoms with Gasteiger partial charge >= 0.3 is 0 Å². The van der Waals surface area contributed by atoms with E-state index in [1.807, 2.05) is 0 Å². The monoisotopic (exact) mass is 377 g/mol. The molecule has 2 aromatic carbocycles. The molecule has 0 spiro atoms. The van der Waals surface area contributed by atoms with Gasteiger partial charge in [0.1, 0.15) is 5.82 Å². The SMILES string of the molecule is Cc1cc(S(=O)(=O)Nc2ccccc2C(=O)NC2CCNC2)ccc1F. The second-order valence-corrected chi connectivity index (χ2v) is 7.91. The Morgan fingerprint density at radius 3 is 2.69 bits per heavy atom. The van der Waals surface area contributed by atoms with Crippen LogP contribution in [0.1, 0.15) is 22.3 Å². The summed E-state index contributed by atoms with van der Waals surface area (Å²) in [6.07, 6.45) is 0.828. The molecule has 6 nitrogen and oxygen atoms in total. The maximum absolute atomic E-state index is 13.4. The van der Waals surface area contributed by atoms with E-state index < -0.39 is 15.8 Å². The average Bonchev–Trinajstić information content (AvgIpc) is 3.10. The van der Waals surface area contributed by atoms with Crippen molar-refractivity contribution in [3.8, 4) is 0 Å². The number of carbonyl (C=O) groups is 1. The standard InChI is InChI=1S/C18H20FN3O3S/c1-12-10-14(6-7-16(12)19)26(24,25)22-17-5-3-2-4-15(17)18(23)21-13-8-9-20-11-13/h2-7,10,13,20,22H,8-9,11H2,1H3,(H,21,23). The van der Waals surface area contributed by atoms with Crippen molar-refractivity contribution >= 4 is 21.6 Å². The minimum Gasteiger partial charge on any atom is -0.348 e. The molecule has 3 rings (SSSR count). The molecule has 0 radical (unpaired) electrons. The maximum atomic E-state index is 13.4. The molecule has 1 aliphatic heterocycles. The van der Waals surface area contributed by atoms with Crippen LogP contribution in [0.15, 0.2) is 47.4 Å². The number of amides is 1. The summed E-state index contributed by atoms with van der Waals surface area (Å²) in [4.78, 5) is 12.5. The van der Waals surface area contributed by atoms with Gasteiger partial charge in [-0.2, -0.15) is 0 Å². The number of nitrogens with one attached hydrogen (secondary N) is 3. The Balaban J connectivity index is 1.85. The van der Waals surface area contributed by atoms with Gasteiger partial charge in [-0.1, -0.05) is 12.1 Å². The number of aryl methyl sites for hydroxylation is 1. The van der Waals surface area contributed by atoms with Crippen molar-refractivity contribution in [3.05, 3.63) is 59.4 Å². The van der Waals surface area contributed by atoms with Gasteiger partial charge in [0.15, 0.2) is 0 Å². The Kier molecular flexibility index (Phi) is 5.24. The van der Waals surface area contributed by atoms with Crippen LogP contribution in [0, 0.1) is 12.7 Å². The zero-order chi connectivity index (χ0) is 18.7. The Morgan fingerprint density at radius 1 is 1.23 bits per heavy atom. The zero-order valence-corrected chi connectivity index (χ0v) is 15.1. The first-order chi connectivity index (χ1) is 12.4. The quantitative estimate of drug-likeness (QED) is 0.744. The summed E-state index contributed by atoms with van der Waals surface area (Å²) >= 11 is 0. The van der Waals surface area contributed by atoms with E-state index in [1.54, 1.807) is 18.2 Å². The molecule has 8 heteroatoms. The van der Waals surface area contributed by atoms with Crippen molar-refractivity contribution in [2.75, 3.05) is 17.8 Å². The van der Waals surface area contributed by atoms with Gasteiger partial charge in [0.2, 0.25) is 0 Å². The van der Waals surface area contributed by atoms with Crippen LogP contribution in [-0.2, 0) is 10.0 Å². The van der Waals surface area contributed by atoms with Crippen LogP contribution < -0.4 is 15.4 Å². The molecule has 26 heavy (non-hydrogen) atoms. The van der Waals surface area contributed by atoms with Crippen LogP contribution in [-0.4, -0.2) is 33.5 Å². The summed E-state index contributed by atoms with van der Waals surface area (Å²) in [5.74, 6) is -0.818. The van der Waals surface area contributed by atoms with Crippen molar-refractivity contribution in [2.45, 2.75) is 24.3 Å². The number of rotatable bonds is 5. The van der Waals surface area contributed by atoms with E-state index in [-0.39, 0.29) is 33.7 Å². The molecule has 1 amide bonds. The molecule has 0 bridgehead atoms. The summed E-state index contributed by atoms with van der Waals surface area (Å²) in [5.41, 5.74) is 0.646. The third kappa shape index (κ3) is 4.03. The van der Waals surface area contributed by atoms with Crippen molar-refractivity contribution in [3.63, 3.8) is 0 Å². The molecule has 2 aromatic rings. The zero-order valence-electron chi connectivity index (χ0n) is 14.3. The van der Waals surface area contributed by atoms with Gasteiger partial charge in [0.05, 0.1) is 16.1 Å². The number of hydrogen-bond acceptors (Lipinski definition) is 4. The van der Waals surface area contributed by atoms with Crippen LogP contribution in [0.3, 0.4) is 0 Å². The highest BCUT2D eigenvalue weighted by atomic mass is 32.2. The van der Waals surface area contributed by atoms with E-state index in [0.29, 0.717) is 6.54 Å². The highest BCUT2D eigenvalue weighted by Gasteiger charge is 2.22. The summed E-state index contributed by atoms with van der Waals surface area (Å²) in [7, 11) is -3.94. The number of halogens is 1. The predicted octanol–water partition coefficient (Wildman–Crippen LogP) is 2.03. The molecule has 1 atom stereocenters. The van der Waals surface area contributed by atoms with Gasteiger partial charge in [-0.3, -0.25) is 9.52 Å². The molecule has 1 saturated heterocycles. The Labute approximate surface area is 151 Å². The van der Waals surface area contributed by atoms with Gasteiger partial charge < -0.3 is 10.6 Å². The molecule has 138 valence electrons. The number of anilines is 1. The molecule has 1 heterocycles. The van der Waals surface area contributed by atoms with Gasteiger partial charge in [0, 0.05) is 12.6 Å². The molecule has 1 aliphatic rings. The fourth-order valence-corrected chi connectivity index (χ4v) is 3.96. The lowest BCUT2D eigenvalue weighted by Crippen LogP contribution is -2.36. The first-order valence-corrected chi connectivity index (χ1v) is 9.75. The van der Waals surface area contributed by atoms with Gasteiger partial charge in [-0.25, -0.2) is 12.8 Å². The lowest BCUT2D eigenvalue weighted by molar-refractivity contribution is 0.0941. The number of carbonyl (C=O) groups excluding carboxylic acids is 1. The Hall–Kier alpha value is -2.45. The molecule has 3 N–H and O–H groups in total. The number of hydrogen-bond donors (Lipinski definition) is 3. The summed E-state index contributed by atoms with van der Waals surface area (Å²) in [6, 6.07) is 9.97. The summed E-state index contributed by atoms with van der Waals surface area (Å²) in [5, 5.41) is 6.05. The molecule has 1 fully saturated rings. The van der Waals surface area contributed by atoms with Crippen LogP contribution in [0.5, 0.6) is 0 Å². The van der Waals surface area contributed by atoms with Crippen LogP contribution in [0.25, 0.3) is 0 Å². The highest BCUT2D eigenvalue weighted by Crippen LogP contribution is 2.22. The van der Waals surface area contributed by atoms with Crippen LogP contribution in [0.2, 0.25) is 0 Å². The van der Waals surface area contributed by atoms with E-state index in [2.05, 4.69) is 15.4 Å². The van der Waals surface area contributed by atoms with E-state index in [4.69, 9.17) is 0 Å². The summed E-state index contributed by atoms with van der Waals surface area (Å²) in [6.45, 7) is 3.02. The second-order valence-electron chi connectivity index (χ2n) is 6.23. The van der Waals surface area contributed by atoms with Gasteiger partial charge in [-0.15, -0.1) is 0 Å². The number of benzene rings is 2. The largest absolute Gasteiger partial charge is 0.348 e. The van der Waals surface area contributed by atoms with Gasteiger partial charge in [-0.05, 0) is 55.8 Å². The van der Waals surface area contributed by atoms with E-state index in [0.717, 1.165) is 19.0 Å². The number of sulfonamides is 1. The molecule has 0 aromatic heterocycles. The van der Waals surface area contributed by atoms with Crippen molar-refractivity contribution in [2.24, 2.45) is 0 Å². The lowest BCUT2D eigenvalue weighted by atomic mass is 10.1. The van der Waals surface area contributed by atoms with E-state index in [9.17, 15) is 17.6 Å². The topological polar surface area (TPSA) is 87.3 Å². The Morgan fingerprint density at radius 2 is 2.00 bits per heavy atom. The highest BCUT2D eigenvalue weighted by molar-refractivity contribution is 7.92. The maximum Gasteiger partial charge on any atom is 0.261 e. The predicted molar refractivity (Wildman–Crippen MR) is 97.1 cm³/mol. The van der Waals surface area contributed by atoms with Crippen molar-refractivity contribution in [1.82, 2.24) is 10.6 Å². The van der Waals surface area contributed by atoms with E-state index >= 15 is 0 Å². The molecule has 0 aliphatic carbocycles. The average molecular weight is 377 g/mol. The minimum absolute atomic E-state index is 0.0203. The fourth-order valence-electron chi connectivity index (χ4n) is 2.80. The number of para-hydroxylation sites is 1. The smallest absolute Gasteiger partial charge is 0.261 e. The van der Waals surface area contributed by atoms with Crippen molar-refractivity contribution in [1.29, 1.82) is 0 Å². The first kappa shape index (κ1) is 18.3. The van der Waals surface area contributed by atoms with Crippen LogP contribution >= 0.6 is 0 Å². The molecular formula is C18H20FN3O3S. The minimum atomic E-state index is -3.94. The van der Waals surface area contributed by atoms with Crippen molar-refractivity contribution < 1.29 is 17.6 Å². The van der Waals surface area contributed by atoms with E-state index in [1.165, 1.54) is 25.1 Å². The third-order valence-corrected chi connectivity index (χ3v) is 5.61. The normalized spacial score (nSPS) is 17.1. The van der Waals surface area contributed by atoms with Gasteiger partial charge in [0.25, 0.3) is 15.9 Å². The molecule has 0 saturated carbocycles. The Bertz CT molecular complexity index is 925. The first-order valence-electron chi connectivity index (χ1n) is 8.26. The molecule has 1 unspecified atom stereocenters. The van der Waals surface area contributed by atoms with Crippen LogP contribution in [0.4, 0.5) is 10.1 Å². The summed E-state index contributed by atoms with van der Waals surface area (Å²) < 4.78 is 41.1.